The van der Waals surface area contributed by atoms with Gasteiger partial charge in [0.05, 0.1) is 20.3 Å². The summed E-state index contributed by atoms with van der Waals surface area (Å²) in [6.07, 6.45) is 6.72. The van der Waals surface area contributed by atoms with Gasteiger partial charge in [0.15, 0.2) is 0 Å². The zero-order valence-corrected chi connectivity index (χ0v) is 14.8. The van der Waals surface area contributed by atoms with E-state index in [1.807, 2.05) is 41.4 Å². The fourth-order valence-electron chi connectivity index (χ4n) is 3.43. The SMILES string of the molecule is COc1ccc(OC)c(C2CCCN2C(=O)CCc2cccnc2)c1. The second-order valence-electron chi connectivity index (χ2n) is 6.21. The van der Waals surface area contributed by atoms with E-state index < -0.39 is 0 Å². The molecule has 0 radical (unpaired) electrons. The Morgan fingerprint density at radius 2 is 2.16 bits per heavy atom. The Morgan fingerprint density at radius 1 is 1.28 bits per heavy atom. The van der Waals surface area contributed by atoms with E-state index in [0.717, 1.165) is 42.0 Å². The largest absolute Gasteiger partial charge is 0.497 e. The van der Waals surface area contributed by atoms with Crippen LogP contribution in [0.25, 0.3) is 0 Å². The number of hydrogen-bond donors (Lipinski definition) is 0. The van der Waals surface area contributed by atoms with Gasteiger partial charge in [-0.3, -0.25) is 9.78 Å². The average Bonchev–Trinajstić information content (AvgIpc) is 3.16. The van der Waals surface area contributed by atoms with Gasteiger partial charge in [0.25, 0.3) is 0 Å². The van der Waals surface area contributed by atoms with Crippen molar-refractivity contribution in [2.45, 2.75) is 31.7 Å². The van der Waals surface area contributed by atoms with Gasteiger partial charge in [-0.2, -0.15) is 0 Å². The molecule has 0 N–H and O–H groups in total. The molecule has 1 fully saturated rings. The van der Waals surface area contributed by atoms with Gasteiger partial charge in [0, 0.05) is 30.9 Å². The second-order valence-corrected chi connectivity index (χ2v) is 6.21. The number of amides is 1. The minimum Gasteiger partial charge on any atom is -0.497 e. The van der Waals surface area contributed by atoms with Gasteiger partial charge in [0.2, 0.25) is 5.91 Å². The third-order valence-electron chi connectivity index (χ3n) is 4.72. The molecule has 2 heterocycles. The van der Waals surface area contributed by atoms with Crippen LogP contribution in [-0.2, 0) is 11.2 Å². The molecule has 0 bridgehead atoms. The van der Waals surface area contributed by atoms with E-state index in [4.69, 9.17) is 9.47 Å². The van der Waals surface area contributed by atoms with Gasteiger partial charge in [-0.05, 0) is 49.1 Å². The summed E-state index contributed by atoms with van der Waals surface area (Å²) in [5.41, 5.74) is 2.11. The number of aromatic nitrogens is 1. The van der Waals surface area contributed by atoms with E-state index >= 15 is 0 Å². The molecular formula is C20H24N2O3. The summed E-state index contributed by atoms with van der Waals surface area (Å²) >= 11 is 0. The fraction of sp³-hybridized carbons (Fsp3) is 0.400. The first-order valence-corrected chi connectivity index (χ1v) is 8.63. The van der Waals surface area contributed by atoms with Crippen LogP contribution in [0.2, 0.25) is 0 Å². The zero-order valence-electron chi connectivity index (χ0n) is 14.8. The lowest BCUT2D eigenvalue weighted by Gasteiger charge is -2.27. The van der Waals surface area contributed by atoms with Crippen molar-refractivity contribution >= 4 is 5.91 Å². The molecule has 3 rings (SSSR count). The Balaban J connectivity index is 1.75. The van der Waals surface area contributed by atoms with Gasteiger partial charge < -0.3 is 14.4 Å². The maximum absolute atomic E-state index is 12.8. The maximum Gasteiger partial charge on any atom is 0.223 e. The van der Waals surface area contributed by atoms with Crippen LogP contribution in [0, 0.1) is 0 Å². The molecule has 1 aromatic heterocycles. The Labute approximate surface area is 148 Å². The molecule has 0 spiro atoms. The van der Waals surface area contributed by atoms with Crippen LogP contribution in [0.1, 0.15) is 36.4 Å². The van der Waals surface area contributed by atoms with E-state index in [1.165, 1.54) is 0 Å². The zero-order chi connectivity index (χ0) is 17.6. The van der Waals surface area contributed by atoms with Gasteiger partial charge in [-0.1, -0.05) is 6.07 Å². The van der Waals surface area contributed by atoms with Crippen molar-refractivity contribution in [3.8, 4) is 11.5 Å². The molecule has 132 valence electrons. The van der Waals surface area contributed by atoms with E-state index in [2.05, 4.69) is 4.98 Å². The Hall–Kier alpha value is -2.56. The van der Waals surface area contributed by atoms with Crippen molar-refractivity contribution < 1.29 is 14.3 Å². The summed E-state index contributed by atoms with van der Waals surface area (Å²) in [7, 11) is 3.31. The number of pyridine rings is 1. The molecule has 2 aromatic rings. The van der Waals surface area contributed by atoms with E-state index in [1.54, 1.807) is 20.4 Å². The molecule has 1 unspecified atom stereocenters. The van der Waals surface area contributed by atoms with E-state index in [0.29, 0.717) is 12.8 Å². The van der Waals surface area contributed by atoms with Crippen LogP contribution < -0.4 is 9.47 Å². The van der Waals surface area contributed by atoms with Crippen LogP contribution in [0.3, 0.4) is 0 Å². The summed E-state index contributed by atoms with van der Waals surface area (Å²) in [6.45, 7) is 0.789. The molecule has 5 nitrogen and oxygen atoms in total. The molecule has 25 heavy (non-hydrogen) atoms. The first kappa shape index (κ1) is 17.3. The Bertz CT molecular complexity index is 718. The highest BCUT2D eigenvalue weighted by Crippen LogP contribution is 2.39. The minimum atomic E-state index is 0.0476. The van der Waals surface area contributed by atoms with Crippen molar-refractivity contribution in [2.24, 2.45) is 0 Å². The summed E-state index contributed by atoms with van der Waals surface area (Å²) in [5, 5.41) is 0. The number of benzene rings is 1. The van der Waals surface area contributed by atoms with E-state index in [-0.39, 0.29) is 11.9 Å². The highest BCUT2D eigenvalue weighted by Gasteiger charge is 2.31. The summed E-state index contributed by atoms with van der Waals surface area (Å²) < 4.78 is 10.9. The minimum absolute atomic E-state index is 0.0476. The fourth-order valence-corrected chi connectivity index (χ4v) is 3.43. The molecule has 0 saturated carbocycles. The number of methoxy groups -OCH3 is 2. The molecule has 1 aromatic carbocycles. The normalized spacial score (nSPS) is 16.7. The number of likely N-dealkylation sites (tertiary alicyclic amines) is 1. The molecule has 1 amide bonds. The van der Waals surface area contributed by atoms with Crippen LogP contribution in [0.4, 0.5) is 0 Å². The monoisotopic (exact) mass is 340 g/mol. The number of hydrogen-bond acceptors (Lipinski definition) is 4. The van der Waals surface area contributed by atoms with Crippen molar-refractivity contribution in [3.63, 3.8) is 0 Å². The Kier molecular flexibility index (Phi) is 5.53. The highest BCUT2D eigenvalue weighted by atomic mass is 16.5. The van der Waals surface area contributed by atoms with Crippen molar-refractivity contribution in [1.82, 2.24) is 9.88 Å². The molecular weight excluding hydrogens is 316 g/mol. The number of aryl methyl sites for hydroxylation is 1. The maximum atomic E-state index is 12.8. The standard InChI is InChI=1S/C20H24N2O3/c1-24-16-8-9-19(25-2)17(13-16)18-6-4-12-22(18)20(23)10-7-15-5-3-11-21-14-15/h3,5,8-9,11,13-14,18H,4,6-7,10,12H2,1-2H3. The molecule has 1 saturated heterocycles. The number of carbonyl (C=O) groups is 1. The third kappa shape index (κ3) is 3.92. The molecule has 5 heteroatoms. The number of ether oxygens (including phenoxy) is 2. The lowest BCUT2D eigenvalue weighted by Crippen LogP contribution is -2.31. The third-order valence-corrected chi connectivity index (χ3v) is 4.72. The lowest BCUT2D eigenvalue weighted by atomic mass is 10.0. The first-order valence-electron chi connectivity index (χ1n) is 8.63. The van der Waals surface area contributed by atoms with Crippen molar-refractivity contribution in [3.05, 3.63) is 53.9 Å². The van der Waals surface area contributed by atoms with Crippen molar-refractivity contribution in [2.75, 3.05) is 20.8 Å². The van der Waals surface area contributed by atoms with Crippen LogP contribution >= 0.6 is 0 Å². The van der Waals surface area contributed by atoms with Gasteiger partial charge in [-0.15, -0.1) is 0 Å². The lowest BCUT2D eigenvalue weighted by molar-refractivity contribution is -0.132. The predicted octanol–water partition coefficient (Wildman–Crippen LogP) is 3.40. The van der Waals surface area contributed by atoms with Crippen molar-refractivity contribution in [1.29, 1.82) is 0 Å². The number of rotatable bonds is 6. The molecule has 1 aliphatic heterocycles. The molecule has 1 atom stereocenters. The summed E-state index contributed by atoms with van der Waals surface area (Å²) in [4.78, 5) is 18.9. The highest BCUT2D eigenvalue weighted by molar-refractivity contribution is 5.77. The summed E-state index contributed by atoms with van der Waals surface area (Å²) in [6, 6.07) is 9.73. The van der Waals surface area contributed by atoms with Gasteiger partial charge in [0.1, 0.15) is 11.5 Å². The van der Waals surface area contributed by atoms with Gasteiger partial charge in [-0.25, -0.2) is 0 Å². The van der Waals surface area contributed by atoms with Crippen LogP contribution in [0.15, 0.2) is 42.7 Å². The Morgan fingerprint density at radius 3 is 2.88 bits per heavy atom. The van der Waals surface area contributed by atoms with Crippen LogP contribution in [0.5, 0.6) is 11.5 Å². The average molecular weight is 340 g/mol. The van der Waals surface area contributed by atoms with Gasteiger partial charge >= 0.3 is 0 Å². The predicted molar refractivity (Wildman–Crippen MR) is 95.8 cm³/mol. The molecule has 0 aliphatic carbocycles. The number of carbonyl (C=O) groups excluding carboxylic acids is 1. The first-order chi connectivity index (χ1) is 12.2. The van der Waals surface area contributed by atoms with Crippen LogP contribution in [-0.4, -0.2) is 36.6 Å². The smallest absolute Gasteiger partial charge is 0.223 e. The van der Waals surface area contributed by atoms with E-state index in [9.17, 15) is 4.79 Å². The number of nitrogens with zero attached hydrogens (tertiary/aromatic N) is 2. The molecule has 1 aliphatic rings. The summed E-state index contributed by atoms with van der Waals surface area (Å²) in [5.74, 6) is 1.76. The quantitative estimate of drug-likeness (QED) is 0.809. The topological polar surface area (TPSA) is 51.7 Å². The second kappa shape index (κ2) is 8.01.